The van der Waals surface area contributed by atoms with Crippen molar-refractivity contribution in [1.29, 1.82) is 0 Å². The Bertz CT molecular complexity index is 439. The van der Waals surface area contributed by atoms with E-state index in [9.17, 15) is 4.79 Å². The summed E-state index contributed by atoms with van der Waals surface area (Å²) in [6.45, 7) is 2.14. The van der Waals surface area contributed by atoms with Gasteiger partial charge >= 0.3 is 0 Å². The van der Waals surface area contributed by atoms with Gasteiger partial charge in [-0.1, -0.05) is 36.5 Å². The molecule has 2 unspecified atom stereocenters. The highest BCUT2D eigenvalue weighted by Crippen LogP contribution is 2.34. The van der Waals surface area contributed by atoms with Gasteiger partial charge in [0, 0.05) is 6.04 Å². The van der Waals surface area contributed by atoms with E-state index < -0.39 is 0 Å². The van der Waals surface area contributed by atoms with Crippen LogP contribution in [-0.4, -0.2) is 22.1 Å². The number of amides is 1. The summed E-state index contributed by atoms with van der Waals surface area (Å²) >= 11 is 11.5. The lowest BCUT2D eigenvalue weighted by atomic mass is 10.2. The normalized spacial score (nSPS) is 22.3. The van der Waals surface area contributed by atoms with Gasteiger partial charge in [0.1, 0.15) is 0 Å². The zero-order chi connectivity index (χ0) is 12.4. The van der Waals surface area contributed by atoms with Crippen molar-refractivity contribution in [2.75, 3.05) is 0 Å². The molecule has 0 aliphatic heterocycles. The molecule has 1 heterocycles. The van der Waals surface area contributed by atoms with Gasteiger partial charge in [-0.15, -0.1) is 10.2 Å². The van der Waals surface area contributed by atoms with Crippen molar-refractivity contribution < 1.29 is 4.79 Å². The Morgan fingerprint density at radius 2 is 2.29 bits per heavy atom. The summed E-state index contributed by atoms with van der Waals surface area (Å²) in [5.74, 6) is 0.378. The number of nitrogens with one attached hydrogen (secondary N) is 1. The van der Waals surface area contributed by atoms with Crippen LogP contribution in [0, 0.1) is 5.92 Å². The third kappa shape index (κ3) is 3.07. The van der Waals surface area contributed by atoms with E-state index >= 15 is 0 Å². The summed E-state index contributed by atoms with van der Waals surface area (Å²) in [6.07, 6.45) is 3.33. The molecule has 1 aromatic heterocycles. The number of carbonyl (C=O) groups excluding carboxylic acids is 1. The lowest BCUT2D eigenvalue weighted by Gasteiger charge is -2.05. The van der Waals surface area contributed by atoms with E-state index in [-0.39, 0.29) is 27.8 Å². The van der Waals surface area contributed by atoms with Crippen molar-refractivity contribution in [2.45, 2.75) is 32.2 Å². The van der Waals surface area contributed by atoms with Crippen molar-refractivity contribution >= 4 is 29.1 Å². The van der Waals surface area contributed by atoms with Gasteiger partial charge in [0.05, 0.1) is 5.56 Å². The first-order valence-electron chi connectivity index (χ1n) is 5.61. The molecule has 4 nitrogen and oxygen atoms in total. The summed E-state index contributed by atoms with van der Waals surface area (Å²) in [7, 11) is 0. The predicted octanol–water partition coefficient (Wildman–Crippen LogP) is 2.70. The van der Waals surface area contributed by atoms with Gasteiger partial charge in [-0.3, -0.25) is 4.79 Å². The Balaban J connectivity index is 1.98. The zero-order valence-corrected chi connectivity index (χ0v) is 10.9. The van der Waals surface area contributed by atoms with Crippen LogP contribution in [0.5, 0.6) is 0 Å². The van der Waals surface area contributed by atoms with Gasteiger partial charge in [-0.2, -0.15) is 0 Å². The Hall–Kier alpha value is -0.870. The van der Waals surface area contributed by atoms with E-state index in [1.54, 1.807) is 0 Å². The van der Waals surface area contributed by atoms with E-state index in [0.717, 1.165) is 19.3 Å². The fourth-order valence-corrected chi connectivity index (χ4v) is 2.20. The lowest BCUT2D eigenvalue weighted by Crippen LogP contribution is -2.27. The second-order valence-corrected chi connectivity index (χ2v) is 4.98. The number of hydrogen-bond donors (Lipinski definition) is 1. The molecule has 17 heavy (non-hydrogen) atoms. The predicted molar refractivity (Wildman–Crippen MR) is 66.3 cm³/mol. The van der Waals surface area contributed by atoms with E-state index in [2.05, 4.69) is 22.4 Å². The maximum Gasteiger partial charge on any atom is 0.254 e. The van der Waals surface area contributed by atoms with E-state index in [1.807, 2.05) is 0 Å². The van der Waals surface area contributed by atoms with Gasteiger partial charge in [-0.25, -0.2) is 0 Å². The molecule has 0 aromatic carbocycles. The summed E-state index contributed by atoms with van der Waals surface area (Å²) in [6, 6.07) is 1.70. The SMILES string of the molecule is CCCC1CC1NC(=O)c1cc(Cl)nnc1Cl. The van der Waals surface area contributed by atoms with Crippen LogP contribution < -0.4 is 5.32 Å². The van der Waals surface area contributed by atoms with E-state index in [0.29, 0.717) is 5.92 Å². The first kappa shape index (κ1) is 12.6. The molecule has 1 amide bonds. The maximum absolute atomic E-state index is 11.9. The van der Waals surface area contributed by atoms with Crippen LogP contribution in [0.4, 0.5) is 0 Å². The molecule has 1 aliphatic carbocycles. The molecule has 0 saturated heterocycles. The molecule has 0 bridgehead atoms. The van der Waals surface area contributed by atoms with Gasteiger partial charge in [-0.05, 0) is 24.8 Å². The molecule has 0 spiro atoms. The molecular formula is C11H13Cl2N3O. The molecule has 1 aromatic rings. The third-order valence-electron chi connectivity index (χ3n) is 2.86. The molecule has 2 rings (SSSR count). The third-order valence-corrected chi connectivity index (χ3v) is 3.33. The minimum Gasteiger partial charge on any atom is -0.349 e. The van der Waals surface area contributed by atoms with Crippen LogP contribution in [0.1, 0.15) is 36.5 Å². The van der Waals surface area contributed by atoms with Crippen molar-refractivity contribution in [3.63, 3.8) is 0 Å². The number of hydrogen-bond acceptors (Lipinski definition) is 3. The van der Waals surface area contributed by atoms with Crippen molar-refractivity contribution in [3.8, 4) is 0 Å². The van der Waals surface area contributed by atoms with Crippen LogP contribution >= 0.6 is 23.2 Å². The molecular weight excluding hydrogens is 261 g/mol. The summed E-state index contributed by atoms with van der Waals surface area (Å²) in [4.78, 5) is 11.9. The minimum absolute atomic E-state index is 0.0830. The minimum atomic E-state index is -0.226. The highest BCUT2D eigenvalue weighted by Gasteiger charge is 2.37. The Morgan fingerprint density at radius 1 is 1.53 bits per heavy atom. The first-order valence-corrected chi connectivity index (χ1v) is 6.37. The fourth-order valence-electron chi connectivity index (χ4n) is 1.87. The second-order valence-electron chi connectivity index (χ2n) is 4.24. The Labute approximate surface area is 110 Å². The molecule has 1 N–H and O–H groups in total. The fraction of sp³-hybridized carbons (Fsp3) is 0.545. The van der Waals surface area contributed by atoms with E-state index in [1.165, 1.54) is 6.07 Å². The highest BCUT2D eigenvalue weighted by molar-refractivity contribution is 6.34. The Morgan fingerprint density at radius 3 is 3.00 bits per heavy atom. The monoisotopic (exact) mass is 273 g/mol. The van der Waals surface area contributed by atoms with Crippen LogP contribution in [0.25, 0.3) is 0 Å². The standard InChI is InChI=1S/C11H13Cl2N3O/c1-2-3-6-4-8(6)14-11(17)7-5-9(12)15-16-10(7)13/h5-6,8H,2-4H2,1H3,(H,14,17). The molecule has 2 atom stereocenters. The molecule has 1 saturated carbocycles. The number of aromatic nitrogens is 2. The van der Waals surface area contributed by atoms with Gasteiger partial charge in [0.25, 0.3) is 5.91 Å². The molecule has 0 radical (unpaired) electrons. The summed E-state index contributed by atoms with van der Waals surface area (Å²) in [5.41, 5.74) is 0.286. The van der Waals surface area contributed by atoms with Crippen LogP contribution in [-0.2, 0) is 0 Å². The molecule has 1 aliphatic rings. The topological polar surface area (TPSA) is 54.9 Å². The maximum atomic E-state index is 11.9. The number of rotatable bonds is 4. The zero-order valence-electron chi connectivity index (χ0n) is 9.41. The first-order chi connectivity index (χ1) is 8.11. The van der Waals surface area contributed by atoms with E-state index in [4.69, 9.17) is 23.2 Å². The average molecular weight is 274 g/mol. The summed E-state index contributed by atoms with van der Waals surface area (Å²) < 4.78 is 0. The highest BCUT2D eigenvalue weighted by atomic mass is 35.5. The molecule has 92 valence electrons. The quantitative estimate of drug-likeness (QED) is 0.918. The van der Waals surface area contributed by atoms with Gasteiger partial charge in [0.2, 0.25) is 0 Å². The smallest absolute Gasteiger partial charge is 0.254 e. The van der Waals surface area contributed by atoms with Crippen LogP contribution in [0.2, 0.25) is 10.3 Å². The largest absolute Gasteiger partial charge is 0.349 e. The lowest BCUT2D eigenvalue weighted by molar-refractivity contribution is 0.0948. The van der Waals surface area contributed by atoms with Crippen LogP contribution in [0.15, 0.2) is 6.07 Å². The number of carbonyl (C=O) groups is 1. The second kappa shape index (κ2) is 5.19. The number of nitrogens with zero attached hydrogens (tertiary/aromatic N) is 2. The average Bonchev–Trinajstić information content (AvgIpc) is 3.00. The van der Waals surface area contributed by atoms with Crippen molar-refractivity contribution in [2.24, 2.45) is 5.92 Å². The van der Waals surface area contributed by atoms with Crippen LogP contribution in [0.3, 0.4) is 0 Å². The molecule has 6 heteroatoms. The Kier molecular flexibility index (Phi) is 3.84. The van der Waals surface area contributed by atoms with Gasteiger partial charge < -0.3 is 5.32 Å². The summed E-state index contributed by atoms with van der Waals surface area (Å²) in [5, 5.41) is 10.3. The van der Waals surface area contributed by atoms with Crippen molar-refractivity contribution in [1.82, 2.24) is 15.5 Å². The van der Waals surface area contributed by atoms with Gasteiger partial charge in [0.15, 0.2) is 10.3 Å². The number of halogens is 2. The van der Waals surface area contributed by atoms with Crippen molar-refractivity contribution in [3.05, 3.63) is 21.9 Å². The molecule has 1 fully saturated rings.